The van der Waals surface area contributed by atoms with Crippen molar-refractivity contribution in [1.29, 1.82) is 5.26 Å². The van der Waals surface area contributed by atoms with Gasteiger partial charge in [0.2, 0.25) is 0 Å². The van der Waals surface area contributed by atoms with Gasteiger partial charge in [-0.3, -0.25) is 0 Å². The van der Waals surface area contributed by atoms with Crippen molar-refractivity contribution in [1.82, 2.24) is 0 Å². The first kappa shape index (κ1) is 9.80. The molecule has 0 unspecified atom stereocenters. The molecule has 1 aromatic carbocycles. The first-order valence-corrected chi connectivity index (χ1v) is 4.61. The molecule has 0 aliphatic heterocycles. The van der Waals surface area contributed by atoms with Crippen molar-refractivity contribution in [3.63, 3.8) is 0 Å². The van der Waals surface area contributed by atoms with E-state index in [1.807, 2.05) is 12.1 Å². The topological polar surface area (TPSA) is 23.8 Å². The summed E-state index contributed by atoms with van der Waals surface area (Å²) in [5.74, 6) is 0.409. The van der Waals surface area contributed by atoms with Gasteiger partial charge in [0.05, 0.1) is 12.0 Å². The van der Waals surface area contributed by atoms with E-state index in [1.54, 1.807) is 0 Å². The van der Waals surface area contributed by atoms with E-state index in [0.29, 0.717) is 5.92 Å². The Labute approximate surface area is 80.0 Å². The fourth-order valence-corrected chi connectivity index (χ4v) is 1.47. The quantitative estimate of drug-likeness (QED) is 0.673. The zero-order chi connectivity index (χ0) is 9.84. The van der Waals surface area contributed by atoms with E-state index >= 15 is 0 Å². The molecule has 0 aromatic heterocycles. The van der Waals surface area contributed by atoms with E-state index in [-0.39, 0.29) is 5.92 Å². The van der Waals surface area contributed by atoms with Gasteiger partial charge >= 0.3 is 0 Å². The summed E-state index contributed by atoms with van der Waals surface area (Å²) in [7, 11) is 0. The number of nitrogens with zero attached hydrogens (tertiary/aromatic N) is 1. The summed E-state index contributed by atoms with van der Waals surface area (Å²) in [5, 5.41) is 8.99. The summed E-state index contributed by atoms with van der Waals surface area (Å²) in [4.78, 5) is 0. The lowest BCUT2D eigenvalue weighted by Crippen LogP contribution is -2.03. The highest BCUT2D eigenvalue weighted by Crippen LogP contribution is 2.23. The molecule has 0 bridgehead atoms. The van der Waals surface area contributed by atoms with Crippen LogP contribution < -0.4 is 0 Å². The molecular formula is C12H15N. The van der Waals surface area contributed by atoms with Crippen LogP contribution in [-0.4, -0.2) is 0 Å². The van der Waals surface area contributed by atoms with Gasteiger partial charge in [-0.15, -0.1) is 0 Å². The van der Waals surface area contributed by atoms with Crippen molar-refractivity contribution in [3.05, 3.63) is 35.4 Å². The minimum Gasteiger partial charge on any atom is -0.198 e. The van der Waals surface area contributed by atoms with Gasteiger partial charge in [-0.25, -0.2) is 0 Å². The van der Waals surface area contributed by atoms with Gasteiger partial charge in [-0.05, 0) is 18.4 Å². The fraction of sp³-hybridized carbons (Fsp3) is 0.417. The Morgan fingerprint density at radius 1 is 1.31 bits per heavy atom. The Morgan fingerprint density at radius 2 is 2.00 bits per heavy atom. The third-order valence-electron chi connectivity index (χ3n) is 2.21. The molecule has 13 heavy (non-hydrogen) atoms. The van der Waals surface area contributed by atoms with Crippen molar-refractivity contribution >= 4 is 0 Å². The highest BCUT2D eigenvalue weighted by Gasteiger charge is 2.14. The van der Waals surface area contributed by atoms with Crippen LogP contribution in [0.4, 0.5) is 0 Å². The maximum Gasteiger partial charge on any atom is 0.0735 e. The highest BCUT2D eigenvalue weighted by atomic mass is 14.3. The third-order valence-corrected chi connectivity index (χ3v) is 2.21. The number of nitriles is 1. The number of hydrogen-bond acceptors (Lipinski definition) is 1. The summed E-state index contributed by atoms with van der Waals surface area (Å²) in [5.41, 5.74) is 2.36. The summed E-state index contributed by atoms with van der Waals surface area (Å²) in [6.45, 7) is 6.21. The molecule has 0 radical (unpaired) electrons. The average molecular weight is 173 g/mol. The Balaban J connectivity index is 3.00. The SMILES string of the molecule is Cc1cccc([C@H](C#N)C(C)C)c1. The zero-order valence-electron chi connectivity index (χ0n) is 8.41. The molecule has 0 aliphatic carbocycles. The Morgan fingerprint density at radius 3 is 2.46 bits per heavy atom. The van der Waals surface area contributed by atoms with E-state index in [9.17, 15) is 0 Å². The summed E-state index contributed by atoms with van der Waals surface area (Å²) in [6, 6.07) is 10.5. The molecule has 1 rings (SSSR count). The van der Waals surface area contributed by atoms with Crippen LogP contribution >= 0.6 is 0 Å². The predicted molar refractivity (Wildman–Crippen MR) is 54.4 cm³/mol. The van der Waals surface area contributed by atoms with Crippen LogP contribution in [0.1, 0.15) is 30.9 Å². The summed E-state index contributed by atoms with van der Waals surface area (Å²) < 4.78 is 0. The number of rotatable bonds is 2. The number of benzene rings is 1. The first-order chi connectivity index (χ1) is 6.15. The predicted octanol–water partition coefficient (Wildman–Crippen LogP) is 3.26. The number of aryl methyl sites for hydroxylation is 1. The largest absolute Gasteiger partial charge is 0.198 e. The lowest BCUT2D eigenvalue weighted by Gasteiger charge is -2.13. The van der Waals surface area contributed by atoms with Crippen LogP contribution in [0.3, 0.4) is 0 Å². The molecule has 0 fully saturated rings. The van der Waals surface area contributed by atoms with Crippen molar-refractivity contribution in [2.24, 2.45) is 5.92 Å². The molecule has 0 amide bonds. The molecule has 68 valence electrons. The van der Waals surface area contributed by atoms with Crippen LogP contribution in [0.15, 0.2) is 24.3 Å². The molecule has 1 atom stereocenters. The average Bonchev–Trinajstić information content (AvgIpc) is 2.04. The van der Waals surface area contributed by atoms with Gasteiger partial charge in [0, 0.05) is 0 Å². The van der Waals surface area contributed by atoms with Gasteiger partial charge in [-0.1, -0.05) is 43.7 Å². The molecule has 1 nitrogen and oxygen atoms in total. The minimum atomic E-state index is 0.0277. The standard InChI is InChI=1S/C12H15N/c1-9(2)12(8-13)11-6-4-5-10(3)7-11/h4-7,9,12H,1-3H3/t12-/m1/s1. The monoisotopic (exact) mass is 173 g/mol. The van der Waals surface area contributed by atoms with Crippen LogP contribution in [0, 0.1) is 24.2 Å². The molecule has 1 aromatic rings. The first-order valence-electron chi connectivity index (χ1n) is 4.61. The second-order valence-corrected chi connectivity index (χ2v) is 3.76. The smallest absolute Gasteiger partial charge is 0.0735 e. The maximum absolute atomic E-state index is 8.99. The second kappa shape index (κ2) is 4.09. The zero-order valence-corrected chi connectivity index (χ0v) is 8.41. The minimum absolute atomic E-state index is 0.0277. The molecule has 1 heteroatoms. The van der Waals surface area contributed by atoms with Crippen molar-refractivity contribution in [2.45, 2.75) is 26.7 Å². The molecule has 0 spiro atoms. The molecule has 0 saturated carbocycles. The van der Waals surface area contributed by atoms with Gasteiger partial charge < -0.3 is 0 Å². The van der Waals surface area contributed by atoms with Crippen molar-refractivity contribution in [2.75, 3.05) is 0 Å². The molecule has 0 aliphatic rings. The van der Waals surface area contributed by atoms with Crippen LogP contribution in [0.2, 0.25) is 0 Å². The van der Waals surface area contributed by atoms with Crippen LogP contribution in [-0.2, 0) is 0 Å². The van der Waals surface area contributed by atoms with Gasteiger partial charge in [0.15, 0.2) is 0 Å². The Kier molecular flexibility index (Phi) is 3.08. The van der Waals surface area contributed by atoms with Gasteiger partial charge in [0.25, 0.3) is 0 Å². The van der Waals surface area contributed by atoms with Gasteiger partial charge in [0.1, 0.15) is 0 Å². The molecule has 0 saturated heterocycles. The van der Waals surface area contributed by atoms with E-state index in [1.165, 1.54) is 5.56 Å². The van der Waals surface area contributed by atoms with Crippen molar-refractivity contribution in [3.8, 4) is 6.07 Å². The maximum atomic E-state index is 8.99. The summed E-state index contributed by atoms with van der Waals surface area (Å²) >= 11 is 0. The fourth-order valence-electron chi connectivity index (χ4n) is 1.47. The molecule has 0 heterocycles. The second-order valence-electron chi connectivity index (χ2n) is 3.76. The Hall–Kier alpha value is -1.29. The van der Waals surface area contributed by atoms with Crippen LogP contribution in [0.25, 0.3) is 0 Å². The molecule has 0 N–H and O–H groups in total. The lowest BCUT2D eigenvalue weighted by atomic mass is 9.89. The van der Waals surface area contributed by atoms with E-state index < -0.39 is 0 Å². The number of hydrogen-bond donors (Lipinski definition) is 0. The van der Waals surface area contributed by atoms with Gasteiger partial charge in [-0.2, -0.15) is 5.26 Å². The van der Waals surface area contributed by atoms with Crippen molar-refractivity contribution < 1.29 is 0 Å². The molecular weight excluding hydrogens is 158 g/mol. The Bertz CT molecular complexity index is 320. The van der Waals surface area contributed by atoms with E-state index in [0.717, 1.165) is 5.56 Å². The van der Waals surface area contributed by atoms with E-state index in [4.69, 9.17) is 5.26 Å². The highest BCUT2D eigenvalue weighted by molar-refractivity contribution is 5.29. The third kappa shape index (κ3) is 2.32. The lowest BCUT2D eigenvalue weighted by molar-refractivity contribution is 0.587. The summed E-state index contributed by atoms with van der Waals surface area (Å²) in [6.07, 6.45) is 0. The van der Waals surface area contributed by atoms with Crippen LogP contribution in [0.5, 0.6) is 0 Å². The normalized spacial score (nSPS) is 12.5. The van der Waals surface area contributed by atoms with E-state index in [2.05, 4.69) is 39.0 Å².